The number of nitrogens with zero attached hydrogens (tertiary/aromatic N) is 2. The molecular formula is C34H35F4N3O4. The number of esters is 1. The summed E-state index contributed by atoms with van der Waals surface area (Å²) >= 11 is 0. The minimum Gasteiger partial charge on any atom is -0.491 e. The van der Waals surface area contributed by atoms with Gasteiger partial charge in [-0.25, -0.2) is 4.39 Å². The molecule has 1 fully saturated rings. The van der Waals surface area contributed by atoms with Crippen LogP contribution in [0.4, 0.5) is 17.6 Å². The number of carbonyl (C=O) groups excluding carboxylic acids is 2. The number of ether oxygens (including phenoxy) is 2. The zero-order valence-electron chi connectivity index (χ0n) is 24.9. The van der Waals surface area contributed by atoms with Crippen LogP contribution in [0.5, 0.6) is 5.75 Å². The fourth-order valence-electron chi connectivity index (χ4n) is 5.04. The van der Waals surface area contributed by atoms with Crippen LogP contribution >= 0.6 is 0 Å². The lowest BCUT2D eigenvalue weighted by atomic mass is 10.0. The van der Waals surface area contributed by atoms with Gasteiger partial charge in [0.25, 0.3) is 5.91 Å². The second-order valence-corrected chi connectivity index (χ2v) is 10.6. The van der Waals surface area contributed by atoms with E-state index in [0.29, 0.717) is 11.3 Å². The van der Waals surface area contributed by atoms with E-state index >= 15 is 0 Å². The summed E-state index contributed by atoms with van der Waals surface area (Å²) in [6.07, 6.45) is 5.23. The number of alkyl halides is 3. The Labute approximate surface area is 259 Å². The Morgan fingerprint density at radius 1 is 1.13 bits per heavy atom. The van der Waals surface area contributed by atoms with Gasteiger partial charge >= 0.3 is 12.1 Å². The van der Waals surface area contributed by atoms with Crippen molar-refractivity contribution in [3.63, 3.8) is 0 Å². The summed E-state index contributed by atoms with van der Waals surface area (Å²) in [6, 6.07) is 10.7. The van der Waals surface area contributed by atoms with Gasteiger partial charge in [-0.15, -0.1) is 0 Å². The molecule has 1 aliphatic rings. The molecule has 2 aromatic carbocycles. The van der Waals surface area contributed by atoms with Crippen molar-refractivity contribution < 1.29 is 36.6 Å². The SMILES string of the molecule is C=C/C(=C\C=C/C)COC(=O)CC(COc1ccc(F)cc1)NC(=O)c1cc(-c2ccccc2C(F)(F)F)n(C2CCCC2)n1. The number of halogens is 4. The van der Waals surface area contributed by atoms with Crippen LogP contribution in [0.2, 0.25) is 0 Å². The maximum Gasteiger partial charge on any atom is 0.417 e. The average molecular weight is 626 g/mol. The molecule has 3 aromatic rings. The zero-order chi connectivity index (χ0) is 32.4. The maximum atomic E-state index is 13.9. The van der Waals surface area contributed by atoms with Crippen molar-refractivity contribution in [1.29, 1.82) is 0 Å². The highest BCUT2D eigenvalue weighted by molar-refractivity contribution is 5.94. The third kappa shape index (κ3) is 9.17. The topological polar surface area (TPSA) is 82.5 Å². The molecule has 0 aliphatic heterocycles. The first-order chi connectivity index (χ1) is 21.6. The van der Waals surface area contributed by atoms with Gasteiger partial charge in [-0.3, -0.25) is 14.3 Å². The van der Waals surface area contributed by atoms with Gasteiger partial charge in [-0.2, -0.15) is 18.3 Å². The number of allylic oxidation sites excluding steroid dienone is 3. The Kier molecular flexibility index (Phi) is 11.3. The van der Waals surface area contributed by atoms with E-state index in [0.717, 1.165) is 31.7 Å². The molecule has 11 heteroatoms. The first-order valence-corrected chi connectivity index (χ1v) is 14.6. The molecule has 7 nitrogen and oxygen atoms in total. The van der Waals surface area contributed by atoms with Gasteiger partial charge < -0.3 is 14.8 Å². The van der Waals surface area contributed by atoms with Crippen molar-refractivity contribution in [2.45, 2.75) is 57.3 Å². The Hall–Kier alpha value is -4.67. The minimum absolute atomic E-state index is 0.0417. The van der Waals surface area contributed by atoms with Gasteiger partial charge in [0.15, 0.2) is 5.69 Å². The Balaban J connectivity index is 1.58. The summed E-state index contributed by atoms with van der Waals surface area (Å²) in [5.41, 5.74) is -0.159. The van der Waals surface area contributed by atoms with E-state index in [1.54, 1.807) is 18.2 Å². The number of rotatable bonds is 13. The van der Waals surface area contributed by atoms with E-state index in [1.165, 1.54) is 53.2 Å². The van der Waals surface area contributed by atoms with Crippen LogP contribution in [-0.4, -0.2) is 40.9 Å². The van der Waals surface area contributed by atoms with E-state index < -0.39 is 35.5 Å². The molecule has 0 saturated heterocycles. The van der Waals surface area contributed by atoms with Gasteiger partial charge in [0.05, 0.1) is 29.8 Å². The molecule has 238 valence electrons. The van der Waals surface area contributed by atoms with Crippen molar-refractivity contribution in [2.75, 3.05) is 13.2 Å². The van der Waals surface area contributed by atoms with E-state index in [4.69, 9.17) is 9.47 Å². The lowest BCUT2D eigenvalue weighted by molar-refractivity contribution is -0.143. The molecular weight excluding hydrogens is 590 g/mol. The highest BCUT2D eigenvalue weighted by atomic mass is 19.4. The molecule has 1 N–H and O–H groups in total. The minimum atomic E-state index is -4.61. The predicted octanol–water partition coefficient (Wildman–Crippen LogP) is 7.62. The Morgan fingerprint density at radius 2 is 1.84 bits per heavy atom. The number of aromatic nitrogens is 2. The monoisotopic (exact) mass is 625 g/mol. The Morgan fingerprint density at radius 3 is 2.51 bits per heavy atom. The van der Waals surface area contributed by atoms with Gasteiger partial charge in [0, 0.05) is 5.56 Å². The van der Waals surface area contributed by atoms with Gasteiger partial charge in [-0.05, 0) is 61.7 Å². The molecule has 0 bridgehead atoms. The van der Waals surface area contributed by atoms with Gasteiger partial charge in [-0.1, -0.05) is 61.9 Å². The van der Waals surface area contributed by atoms with Crippen LogP contribution in [0.25, 0.3) is 11.3 Å². The molecule has 4 rings (SSSR count). The summed E-state index contributed by atoms with van der Waals surface area (Å²) in [5.74, 6) is -1.48. The van der Waals surface area contributed by atoms with Gasteiger partial charge in [0.2, 0.25) is 0 Å². The first-order valence-electron chi connectivity index (χ1n) is 14.6. The number of hydrogen-bond acceptors (Lipinski definition) is 5. The fraction of sp³-hybridized carbons (Fsp3) is 0.324. The maximum absolute atomic E-state index is 13.9. The quantitative estimate of drug-likeness (QED) is 0.120. The van der Waals surface area contributed by atoms with Crippen molar-refractivity contribution in [1.82, 2.24) is 15.1 Å². The van der Waals surface area contributed by atoms with Crippen LogP contribution < -0.4 is 10.1 Å². The van der Waals surface area contributed by atoms with Crippen molar-refractivity contribution >= 4 is 11.9 Å². The second kappa shape index (κ2) is 15.4. The second-order valence-electron chi connectivity index (χ2n) is 10.6. The molecule has 45 heavy (non-hydrogen) atoms. The number of carbonyl (C=O) groups is 2. The summed E-state index contributed by atoms with van der Waals surface area (Å²) in [5, 5.41) is 7.19. The summed E-state index contributed by atoms with van der Waals surface area (Å²) in [6.45, 7) is 5.32. The van der Waals surface area contributed by atoms with Crippen LogP contribution in [0.1, 0.15) is 61.1 Å². The largest absolute Gasteiger partial charge is 0.491 e. The van der Waals surface area contributed by atoms with Crippen LogP contribution in [-0.2, 0) is 15.7 Å². The molecule has 1 amide bonds. The molecule has 1 unspecified atom stereocenters. The molecule has 1 aliphatic carbocycles. The highest BCUT2D eigenvalue weighted by Gasteiger charge is 2.35. The number of hydrogen-bond donors (Lipinski definition) is 1. The lowest BCUT2D eigenvalue weighted by Crippen LogP contribution is -2.41. The number of nitrogens with one attached hydrogen (secondary N) is 1. The molecule has 0 radical (unpaired) electrons. The first kappa shape index (κ1) is 33.2. The van der Waals surface area contributed by atoms with Crippen molar-refractivity contribution in [3.8, 4) is 17.0 Å². The molecule has 1 aromatic heterocycles. The third-order valence-electron chi connectivity index (χ3n) is 7.33. The lowest BCUT2D eigenvalue weighted by Gasteiger charge is -2.19. The summed E-state index contributed by atoms with van der Waals surface area (Å²) in [7, 11) is 0. The van der Waals surface area contributed by atoms with Crippen LogP contribution in [0, 0.1) is 5.82 Å². The summed E-state index contributed by atoms with van der Waals surface area (Å²) in [4.78, 5) is 26.3. The average Bonchev–Trinajstić information content (AvgIpc) is 3.71. The summed E-state index contributed by atoms with van der Waals surface area (Å²) < 4.78 is 67.8. The van der Waals surface area contributed by atoms with E-state index in [1.807, 2.05) is 13.0 Å². The van der Waals surface area contributed by atoms with E-state index in [2.05, 4.69) is 17.0 Å². The standard InChI is InChI=1S/C34H35F4N3O4/c1-3-5-10-23(4-2)21-45-32(42)19-25(22-44-27-17-15-24(35)16-18-27)39-33(43)30-20-31(41(40-30)26-11-6-7-12-26)28-13-8-9-14-29(28)34(36,37)38/h3-5,8-10,13-18,20,25-26H,2,6-7,11-12,19,21-22H2,1H3,(H,39,43)/b5-3-,23-10+. The smallest absolute Gasteiger partial charge is 0.417 e. The zero-order valence-corrected chi connectivity index (χ0v) is 24.9. The third-order valence-corrected chi connectivity index (χ3v) is 7.33. The Bertz CT molecular complexity index is 1540. The van der Waals surface area contributed by atoms with E-state index in [9.17, 15) is 27.2 Å². The molecule has 1 saturated carbocycles. The molecule has 1 heterocycles. The van der Waals surface area contributed by atoms with Crippen molar-refractivity contribution in [2.24, 2.45) is 0 Å². The van der Waals surface area contributed by atoms with Crippen LogP contribution in [0.3, 0.4) is 0 Å². The number of benzene rings is 2. The normalized spacial score (nSPS) is 14.8. The molecule has 1 atom stereocenters. The fourth-order valence-corrected chi connectivity index (χ4v) is 5.04. The van der Waals surface area contributed by atoms with Crippen molar-refractivity contribution in [3.05, 3.63) is 108 Å². The highest BCUT2D eigenvalue weighted by Crippen LogP contribution is 2.40. The molecule has 0 spiro atoms. The number of amides is 1. The van der Waals surface area contributed by atoms with Gasteiger partial charge in [0.1, 0.15) is 24.8 Å². The van der Waals surface area contributed by atoms with Crippen LogP contribution in [0.15, 0.2) is 91.1 Å². The van der Waals surface area contributed by atoms with E-state index in [-0.39, 0.29) is 42.6 Å². The predicted molar refractivity (Wildman–Crippen MR) is 162 cm³/mol.